The van der Waals surface area contributed by atoms with Crippen LogP contribution in [0, 0.1) is 0 Å². The highest BCUT2D eigenvalue weighted by Crippen LogP contribution is 2.35. The molecule has 0 bridgehead atoms. The lowest BCUT2D eigenvalue weighted by Crippen LogP contribution is -2.37. The monoisotopic (exact) mass is 301 g/mol. The number of hydrogen-bond acceptors (Lipinski definition) is 3. The van der Waals surface area contributed by atoms with E-state index in [-0.39, 0.29) is 5.69 Å². The van der Waals surface area contributed by atoms with Gasteiger partial charge in [0.05, 0.1) is 16.9 Å². The van der Waals surface area contributed by atoms with Gasteiger partial charge < -0.3 is 10.6 Å². The van der Waals surface area contributed by atoms with Crippen molar-refractivity contribution in [2.45, 2.75) is 32.5 Å². The molecular formula is C15H22F3N3. The smallest absolute Gasteiger partial charge is 0.397 e. The van der Waals surface area contributed by atoms with Crippen LogP contribution in [0.1, 0.15) is 25.8 Å². The van der Waals surface area contributed by atoms with Gasteiger partial charge in [0.1, 0.15) is 0 Å². The van der Waals surface area contributed by atoms with Crippen LogP contribution in [-0.2, 0) is 6.18 Å². The van der Waals surface area contributed by atoms with Crippen molar-refractivity contribution in [3.8, 4) is 0 Å². The van der Waals surface area contributed by atoms with Crippen molar-refractivity contribution in [1.29, 1.82) is 0 Å². The van der Waals surface area contributed by atoms with E-state index in [0.717, 1.165) is 44.7 Å². The van der Waals surface area contributed by atoms with Gasteiger partial charge >= 0.3 is 6.18 Å². The molecule has 0 aromatic heterocycles. The number of rotatable bonds is 4. The molecule has 1 aliphatic rings. The number of nitrogens with zero attached hydrogens (tertiary/aromatic N) is 2. The molecule has 1 aliphatic heterocycles. The number of nitrogen functional groups attached to an aromatic ring is 1. The summed E-state index contributed by atoms with van der Waals surface area (Å²) in [4.78, 5) is 4.46. The lowest BCUT2D eigenvalue weighted by Gasteiger charge is -2.27. The van der Waals surface area contributed by atoms with Crippen LogP contribution in [0.15, 0.2) is 18.2 Å². The third kappa shape index (κ3) is 3.43. The Morgan fingerprint density at radius 3 is 2.48 bits per heavy atom. The molecule has 0 saturated carbocycles. The minimum Gasteiger partial charge on any atom is -0.397 e. The molecule has 6 heteroatoms. The Kier molecular flexibility index (Phi) is 4.66. The molecule has 21 heavy (non-hydrogen) atoms. The predicted octanol–water partition coefficient (Wildman–Crippen LogP) is 3.21. The quantitative estimate of drug-likeness (QED) is 0.867. The average molecular weight is 301 g/mol. The van der Waals surface area contributed by atoms with Gasteiger partial charge in [-0.15, -0.1) is 0 Å². The molecule has 0 radical (unpaired) electrons. The highest BCUT2D eigenvalue weighted by molar-refractivity contribution is 5.69. The van der Waals surface area contributed by atoms with E-state index in [1.807, 2.05) is 0 Å². The Morgan fingerprint density at radius 2 is 1.95 bits per heavy atom. The van der Waals surface area contributed by atoms with Crippen molar-refractivity contribution in [2.24, 2.45) is 0 Å². The van der Waals surface area contributed by atoms with Crippen molar-refractivity contribution < 1.29 is 13.2 Å². The number of halogens is 3. The first-order chi connectivity index (χ1) is 9.86. The molecule has 0 aliphatic carbocycles. The van der Waals surface area contributed by atoms with Crippen LogP contribution in [0.4, 0.5) is 24.5 Å². The van der Waals surface area contributed by atoms with E-state index in [0.29, 0.717) is 11.7 Å². The van der Waals surface area contributed by atoms with Crippen LogP contribution in [0.2, 0.25) is 0 Å². The molecule has 2 N–H and O–H groups in total. The topological polar surface area (TPSA) is 32.5 Å². The SMILES string of the molecule is CCN(CC)C1CCN(c2ccc(C(F)(F)F)cc2N)C1. The molecule has 1 saturated heterocycles. The highest BCUT2D eigenvalue weighted by Gasteiger charge is 2.32. The van der Waals surface area contributed by atoms with Crippen LogP contribution in [0.5, 0.6) is 0 Å². The second-order valence-corrected chi connectivity index (χ2v) is 5.38. The number of alkyl halides is 3. The van der Waals surface area contributed by atoms with E-state index in [4.69, 9.17) is 5.73 Å². The van der Waals surface area contributed by atoms with Gasteiger partial charge in [-0.3, -0.25) is 4.90 Å². The predicted molar refractivity (Wildman–Crippen MR) is 79.4 cm³/mol. The lowest BCUT2D eigenvalue weighted by atomic mass is 10.1. The second-order valence-electron chi connectivity index (χ2n) is 5.38. The molecule has 118 valence electrons. The van der Waals surface area contributed by atoms with Crippen molar-refractivity contribution in [2.75, 3.05) is 36.8 Å². The second kappa shape index (κ2) is 6.13. The van der Waals surface area contributed by atoms with E-state index in [2.05, 4.69) is 23.6 Å². The zero-order chi connectivity index (χ0) is 15.6. The highest BCUT2D eigenvalue weighted by atomic mass is 19.4. The molecule has 0 spiro atoms. The minimum absolute atomic E-state index is 0.199. The Morgan fingerprint density at radius 1 is 1.29 bits per heavy atom. The van der Waals surface area contributed by atoms with Crippen LogP contribution in [0.3, 0.4) is 0 Å². The van der Waals surface area contributed by atoms with E-state index < -0.39 is 11.7 Å². The summed E-state index contributed by atoms with van der Waals surface area (Å²) in [5, 5.41) is 0. The summed E-state index contributed by atoms with van der Waals surface area (Å²) < 4.78 is 38.0. The number of likely N-dealkylation sites (N-methyl/N-ethyl adjacent to an activating group) is 1. The number of benzene rings is 1. The molecule has 1 atom stereocenters. The lowest BCUT2D eigenvalue weighted by molar-refractivity contribution is -0.137. The summed E-state index contributed by atoms with van der Waals surface area (Å²) in [5.74, 6) is 0. The first-order valence-electron chi connectivity index (χ1n) is 7.32. The van der Waals surface area contributed by atoms with Crippen molar-refractivity contribution in [1.82, 2.24) is 4.90 Å². The van der Waals surface area contributed by atoms with Gasteiger partial charge in [-0.25, -0.2) is 0 Å². The van der Waals surface area contributed by atoms with Gasteiger partial charge in [-0.1, -0.05) is 13.8 Å². The molecule has 1 unspecified atom stereocenters. The normalized spacial score (nSPS) is 19.5. The van der Waals surface area contributed by atoms with Gasteiger partial charge in [0.2, 0.25) is 0 Å². The van der Waals surface area contributed by atoms with Crippen LogP contribution in [-0.4, -0.2) is 37.1 Å². The standard InChI is InChI=1S/C15H22F3N3/c1-3-20(4-2)12-7-8-21(10-12)14-6-5-11(9-13(14)19)15(16,17)18/h5-6,9,12H,3-4,7-8,10,19H2,1-2H3. The maximum absolute atomic E-state index is 12.7. The Labute approximate surface area is 123 Å². The van der Waals surface area contributed by atoms with E-state index in [9.17, 15) is 13.2 Å². The number of nitrogens with two attached hydrogens (primary N) is 1. The zero-order valence-electron chi connectivity index (χ0n) is 12.5. The van der Waals surface area contributed by atoms with Gasteiger partial charge in [-0.2, -0.15) is 13.2 Å². The van der Waals surface area contributed by atoms with Crippen LogP contribution in [0.25, 0.3) is 0 Å². The van der Waals surface area contributed by atoms with Crippen molar-refractivity contribution in [3.05, 3.63) is 23.8 Å². The third-order valence-electron chi connectivity index (χ3n) is 4.19. The summed E-state index contributed by atoms with van der Waals surface area (Å²) >= 11 is 0. The minimum atomic E-state index is -4.35. The summed E-state index contributed by atoms with van der Waals surface area (Å²) in [6.07, 6.45) is -3.33. The van der Waals surface area contributed by atoms with Crippen LogP contribution < -0.4 is 10.6 Å². The molecule has 3 nitrogen and oxygen atoms in total. The number of hydrogen-bond donors (Lipinski definition) is 1. The average Bonchev–Trinajstić information content (AvgIpc) is 2.88. The van der Waals surface area contributed by atoms with Crippen molar-refractivity contribution in [3.63, 3.8) is 0 Å². The summed E-state index contributed by atoms with van der Waals surface area (Å²) in [7, 11) is 0. The molecule has 1 aromatic rings. The molecule has 2 rings (SSSR count). The van der Waals surface area contributed by atoms with E-state index >= 15 is 0 Å². The van der Waals surface area contributed by atoms with Crippen molar-refractivity contribution >= 4 is 11.4 Å². The Balaban J connectivity index is 2.13. The van der Waals surface area contributed by atoms with Gasteiger partial charge in [0.15, 0.2) is 0 Å². The maximum atomic E-state index is 12.7. The van der Waals surface area contributed by atoms with Crippen LogP contribution >= 0.6 is 0 Å². The first kappa shape index (κ1) is 15.9. The van der Waals surface area contributed by atoms with E-state index in [1.165, 1.54) is 6.07 Å². The fraction of sp³-hybridized carbons (Fsp3) is 0.600. The molecule has 0 amide bonds. The Hall–Kier alpha value is -1.43. The molecular weight excluding hydrogens is 279 g/mol. The molecule has 1 fully saturated rings. The fourth-order valence-electron chi connectivity index (χ4n) is 3.02. The zero-order valence-corrected chi connectivity index (χ0v) is 12.5. The van der Waals surface area contributed by atoms with Gasteiger partial charge in [0.25, 0.3) is 0 Å². The largest absolute Gasteiger partial charge is 0.416 e. The summed E-state index contributed by atoms with van der Waals surface area (Å²) in [6.45, 7) is 7.86. The van der Waals surface area contributed by atoms with E-state index in [1.54, 1.807) is 0 Å². The maximum Gasteiger partial charge on any atom is 0.416 e. The third-order valence-corrected chi connectivity index (χ3v) is 4.19. The number of anilines is 2. The fourth-order valence-corrected chi connectivity index (χ4v) is 3.02. The summed E-state index contributed by atoms with van der Waals surface area (Å²) in [6, 6.07) is 4.07. The first-order valence-corrected chi connectivity index (χ1v) is 7.32. The molecule has 1 heterocycles. The Bertz CT molecular complexity index is 484. The van der Waals surface area contributed by atoms with Gasteiger partial charge in [0, 0.05) is 19.1 Å². The van der Waals surface area contributed by atoms with Gasteiger partial charge in [-0.05, 0) is 37.7 Å². The molecule has 1 aromatic carbocycles. The summed E-state index contributed by atoms with van der Waals surface area (Å²) in [5.41, 5.74) is 6.04.